The Hall–Kier alpha value is -1.87. The Morgan fingerprint density at radius 1 is 1.15 bits per heavy atom. The van der Waals surface area contributed by atoms with E-state index in [-0.39, 0.29) is 0 Å². The Labute approximate surface area is 122 Å². The summed E-state index contributed by atoms with van der Waals surface area (Å²) in [6, 6.07) is 10.3. The molecule has 0 N–H and O–H groups in total. The van der Waals surface area contributed by atoms with Gasteiger partial charge in [0.25, 0.3) is 0 Å². The van der Waals surface area contributed by atoms with Crippen molar-refractivity contribution in [3.8, 4) is 5.82 Å². The summed E-state index contributed by atoms with van der Waals surface area (Å²) in [7, 11) is 0. The van der Waals surface area contributed by atoms with Crippen LogP contribution in [0.15, 0.2) is 42.7 Å². The van der Waals surface area contributed by atoms with Crippen LogP contribution in [0, 0.1) is 0 Å². The Morgan fingerprint density at radius 2 is 1.95 bits per heavy atom. The number of hydrogen-bond acceptors (Lipinski definition) is 2. The van der Waals surface area contributed by atoms with E-state index in [2.05, 4.69) is 28.3 Å². The average Bonchev–Trinajstić information content (AvgIpc) is 3.24. The third-order valence-corrected chi connectivity index (χ3v) is 4.11. The molecule has 0 unspecified atom stereocenters. The third kappa shape index (κ3) is 1.90. The van der Waals surface area contributed by atoms with Gasteiger partial charge in [-0.3, -0.25) is 0 Å². The number of halogens is 1. The molecule has 1 aromatic carbocycles. The van der Waals surface area contributed by atoms with E-state index in [1.54, 1.807) is 0 Å². The molecule has 1 fully saturated rings. The van der Waals surface area contributed by atoms with Crippen LogP contribution in [0.5, 0.6) is 0 Å². The molecule has 0 aliphatic heterocycles. The first kappa shape index (κ1) is 11.9. The lowest BCUT2D eigenvalue weighted by molar-refractivity contribution is 0.819. The summed E-state index contributed by atoms with van der Waals surface area (Å²) >= 11 is 6.00. The first-order valence-electron chi connectivity index (χ1n) is 6.85. The van der Waals surface area contributed by atoms with E-state index in [0.29, 0.717) is 11.8 Å². The largest absolute Gasteiger partial charge is 0.236 e. The number of pyridine rings is 1. The van der Waals surface area contributed by atoms with Gasteiger partial charge >= 0.3 is 0 Å². The molecule has 1 saturated carbocycles. The van der Waals surface area contributed by atoms with Gasteiger partial charge in [0.05, 0.1) is 5.69 Å². The van der Waals surface area contributed by atoms with E-state index in [0.717, 1.165) is 22.2 Å². The molecule has 2 heterocycles. The molecule has 0 radical (unpaired) electrons. The minimum absolute atomic E-state index is 0.472. The van der Waals surface area contributed by atoms with Crippen molar-refractivity contribution >= 4 is 22.4 Å². The molecule has 4 rings (SSSR count). The van der Waals surface area contributed by atoms with Gasteiger partial charge in [0, 0.05) is 29.6 Å². The number of rotatable bonds is 3. The molecule has 1 aliphatic rings. The Bertz CT molecular complexity index is 774. The van der Waals surface area contributed by atoms with E-state index in [4.69, 9.17) is 11.6 Å². The summed E-state index contributed by atoms with van der Waals surface area (Å²) in [6.45, 7) is 0. The fourth-order valence-corrected chi connectivity index (χ4v) is 2.79. The molecule has 3 aromatic rings. The van der Waals surface area contributed by atoms with Crippen LogP contribution in [-0.4, -0.2) is 14.8 Å². The van der Waals surface area contributed by atoms with E-state index in [1.165, 1.54) is 18.5 Å². The van der Waals surface area contributed by atoms with Crippen molar-refractivity contribution in [3.05, 3.63) is 54.0 Å². The summed E-state index contributed by atoms with van der Waals surface area (Å²) in [5.74, 6) is 2.01. The maximum absolute atomic E-state index is 6.00. The van der Waals surface area contributed by atoms with Crippen LogP contribution >= 0.6 is 11.6 Å². The van der Waals surface area contributed by atoms with Crippen molar-refractivity contribution in [3.63, 3.8) is 0 Å². The van der Waals surface area contributed by atoms with Gasteiger partial charge in [0.15, 0.2) is 5.82 Å². The van der Waals surface area contributed by atoms with Crippen LogP contribution in [-0.2, 0) is 5.88 Å². The minimum atomic E-state index is 0.472. The predicted octanol–water partition coefficient (Wildman–Crippen LogP) is 4.04. The minimum Gasteiger partial charge on any atom is -0.236 e. The highest BCUT2D eigenvalue weighted by Gasteiger charge is 2.26. The summed E-state index contributed by atoms with van der Waals surface area (Å²) in [4.78, 5) is 4.56. The zero-order chi connectivity index (χ0) is 13.5. The molecule has 0 atom stereocenters. The second-order valence-electron chi connectivity index (χ2n) is 5.25. The van der Waals surface area contributed by atoms with E-state index < -0.39 is 0 Å². The average molecular weight is 284 g/mol. The number of nitrogens with zero attached hydrogens (tertiary/aromatic N) is 3. The highest BCUT2D eigenvalue weighted by Crippen LogP contribution is 2.39. The van der Waals surface area contributed by atoms with Gasteiger partial charge in [-0.1, -0.05) is 24.3 Å². The molecule has 3 nitrogen and oxygen atoms in total. The molecule has 100 valence electrons. The monoisotopic (exact) mass is 283 g/mol. The Kier molecular flexibility index (Phi) is 2.74. The molecule has 20 heavy (non-hydrogen) atoms. The topological polar surface area (TPSA) is 30.7 Å². The number of hydrogen-bond donors (Lipinski definition) is 0. The smallest absolute Gasteiger partial charge is 0.161 e. The SMILES string of the molecule is ClCc1cnc(-n2ccc(C3CC3)n2)c2ccccc12. The number of benzene rings is 1. The molecule has 2 aromatic heterocycles. The fraction of sp³-hybridized carbons (Fsp3) is 0.250. The lowest BCUT2D eigenvalue weighted by atomic mass is 10.1. The summed E-state index contributed by atoms with van der Waals surface area (Å²) in [6.07, 6.45) is 6.37. The van der Waals surface area contributed by atoms with Crippen LogP contribution in [0.25, 0.3) is 16.6 Å². The predicted molar refractivity (Wildman–Crippen MR) is 80.4 cm³/mol. The van der Waals surface area contributed by atoms with E-state index in [9.17, 15) is 0 Å². The standard InChI is InChI=1S/C16H14ClN3/c17-9-12-10-18-16(14-4-2-1-3-13(12)14)20-8-7-15(19-20)11-5-6-11/h1-4,7-8,10-11H,5-6,9H2. The van der Waals surface area contributed by atoms with Crippen molar-refractivity contribution in [2.45, 2.75) is 24.6 Å². The van der Waals surface area contributed by atoms with Crippen molar-refractivity contribution < 1.29 is 0 Å². The maximum Gasteiger partial charge on any atom is 0.161 e. The van der Waals surface area contributed by atoms with Crippen molar-refractivity contribution in [1.29, 1.82) is 0 Å². The first-order valence-corrected chi connectivity index (χ1v) is 7.39. The second kappa shape index (κ2) is 4.60. The van der Waals surface area contributed by atoms with Gasteiger partial charge in [0.1, 0.15) is 0 Å². The summed E-state index contributed by atoms with van der Waals surface area (Å²) in [5.41, 5.74) is 2.23. The number of fused-ring (bicyclic) bond motifs is 1. The highest BCUT2D eigenvalue weighted by molar-refractivity contribution is 6.18. The lowest BCUT2D eigenvalue weighted by Crippen LogP contribution is -2.01. The maximum atomic E-state index is 6.00. The summed E-state index contributed by atoms with van der Waals surface area (Å²) < 4.78 is 1.88. The van der Waals surface area contributed by atoms with Gasteiger partial charge in [-0.15, -0.1) is 11.6 Å². The highest BCUT2D eigenvalue weighted by atomic mass is 35.5. The quantitative estimate of drug-likeness (QED) is 0.679. The molecule has 0 bridgehead atoms. The van der Waals surface area contributed by atoms with E-state index in [1.807, 2.05) is 29.2 Å². The zero-order valence-corrected chi connectivity index (χ0v) is 11.7. The molecule has 0 amide bonds. The van der Waals surface area contributed by atoms with Crippen molar-refractivity contribution in [2.75, 3.05) is 0 Å². The summed E-state index contributed by atoms with van der Waals surface area (Å²) in [5, 5.41) is 6.91. The van der Waals surface area contributed by atoms with Gasteiger partial charge in [-0.05, 0) is 29.9 Å². The lowest BCUT2D eigenvalue weighted by Gasteiger charge is -2.08. The number of alkyl halides is 1. The fourth-order valence-electron chi connectivity index (χ4n) is 2.58. The molecular weight excluding hydrogens is 270 g/mol. The molecule has 1 aliphatic carbocycles. The normalized spacial score (nSPS) is 14.8. The zero-order valence-electron chi connectivity index (χ0n) is 11.0. The van der Waals surface area contributed by atoms with Gasteiger partial charge in [0.2, 0.25) is 0 Å². The van der Waals surface area contributed by atoms with Crippen molar-refractivity contribution in [1.82, 2.24) is 14.8 Å². The Morgan fingerprint density at radius 3 is 2.70 bits per heavy atom. The molecule has 0 saturated heterocycles. The second-order valence-corrected chi connectivity index (χ2v) is 5.51. The van der Waals surface area contributed by atoms with Crippen LogP contribution in [0.1, 0.15) is 30.0 Å². The Balaban J connectivity index is 1.90. The van der Waals surface area contributed by atoms with Crippen LogP contribution in [0.4, 0.5) is 0 Å². The van der Waals surface area contributed by atoms with E-state index >= 15 is 0 Å². The number of aromatic nitrogens is 3. The first-order chi connectivity index (χ1) is 9.86. The molecular formula is C16H14ClN3. The van der Waals surface area contributed by atoms with Crippen LogP contribution in [0.3, 0.4) is 0 Å². The van der Waals surface area contributed by atoms with Crippen molar-refractivity contribution in [2.24, 2.45) is 0 Å². The molecule has 4 heteroatoms. The van der Waals surface area contributed by atoms with Gasteiger partial charge in [-0.25, -0.2) is 9.67 Å². The van der Waals surface area contributed by atoms with Crippen LogP contribution < -0.4 is 0 Å². The van der Waals surface area contributed by atoms with Gasteiger partial charge < -0.3 is 0 Å². The third-order valence-electron chi connectivity index (χ3n) is 3.82. The van der Waals surface area contributed by atoms with Gasteiger partial charge in [-0.2, -0.15) is 5.10 Å². The van der Waals surface area contributed by atoms with Crippen LogP contribution in [0.2, 0.25) is 0 Å². The molecule has 0 spiro atoms.